The highest BCUT2D eigenvalue weighted by molar-refractivity contribution is 6.13. The predicted molar refractivity (Wildman–Crippen MR) is 232 cm³/mol. The van der Waals surface area contributed by atoms with Crippen LogP contribution in [0.2, 0.25) is 0 Å². The van der Waals surface area contributed by atoms with Crippen LogP contribution in [0.5, 0.6) is 0 Å². The Morgan fingerprint density at radius 2 is 0.982 bits per heavy atom. The molecule has 0 aliphatic heterocycles. The molecule has 10 aromatic rings. The van der Waals surface area contributed by atoms with Crippen LogP contribution < -0.4 is 0 Å². The van der Waals surface area contributed by atoms with Crippen molar-refractivity contribution in [3.05, 3.63) is 194 Å². The largest absolute Gasteiger partial charge is 0.456 e. The number of pyridine rings is 2. The van der Waals surface area contributed by atoms with Gasteiger partial charge in [0, 0.05) is 50.8 Å². The van der Waals surface area contributed by atoms with Gasteiger partial charge in [0.1, 0.15) is 11.2 Å². The fraction of sp³-hybridized carbons (Fsp3) is 0.0385. The van der Waals surface area contributed by atoms with Crippen LogP contribution in [-0.4, -0.2) is 14.5 Å². The molecule has 0 bridgehead atoms. The third-order valence-electron chi connectivity index (χ3n) is 11.2. The maximum absolute atomic E-state index is 6.41. The molecule has 264 valence electrons. The van der Waals surface area contributed by atoms with Gasteiger partial charge >= 0.3 is 0 Å². The van der Waals surface area contributed by atoms with Gasteiger partial charge in [0.2, 0.25) is 0 Å². The van der Waals surface area contributed by atoms with E-state index in [-0.39, 0.29) is 0 Å². The van der Waals surface area contributed by atoms with Crippen molar-refractivity contribution in [2.75, 3.05) is 0 Å². The van der Waals surface area contributed by atoms with Crippen molar-refractivity contribution < 1.29 is 4.42 Å². The first-order valence-electron chi connectivity index (χ1n) is 19.2. The minimum Gasteiger partial charge on any atom is -0.456 e. The molecule has 0 fully saturated rings. The molecular formula is C52H35N3O. The van der Waals surface area contributed by atoms with Crippen molar-refractivity contribution in [2.45, 2.75) is 12.8 Å². The summed E-state index contributed by atoms with van der Waals surface area (Å²) in [5.74, 6) is 0. The molecule has 0 unspecified atom stereocenters. The van der Waals surface area contributed by atoms with Gasteiger partial charge < -0.3 is 8.98 Å². The summed E-state index contributed by atoms with van der Waals surface area (Å²) >= 11 is 0. The van der Waals surface area contributed by atoms with Gasteiger partial charge in [-0.3, -0.25) is 9.97 Å². The van der Waals surface area contributed by atoms with E-state index in [2.05, 4.69) is 156 Å². The first kappa shape index (κ1) is 32.2. The molecule has 1 aliphatic carbocycles. The van der Waals surface area contributed by atoms with E-state index in [0.717, 1.165) is 96.3 Å². The highest BCUT2D eigenvalue weighted by Gasteiger charge is 2.19. The number of nitrogens with zero attached hydrogens (tertiary/aromatic N) is 3. The van der Waals surface area contributed by atoms with E-state index in [1.807, 2.05) is 36.7 Å². The molecule has 4 heteroatoms. The zero-order valence-electron chi connectivity index (χ0n) is 30.6. The van der Waals surface area contributed by atoms with Crippen LogP contribution in [0.4, 0.5) is 0 Å². The zero-order chi connectivity index (χ0) is 37.0. The average molecular weight is 718 g/mol. The molecule has 0 amide bonds. The molecular weight excluding hydrogens is 683 g/mol. The van der Waals surface area contributed by atoms with Crippen LogP contribution >= 0.6 is 0 Å². The summed E-state index contributed by atoms with van der Waals surface area (Å²) in [4.78, 5) is 9.44. The first-order chi connectivity index (χ1) is 27.8. The van der Waals surface area contributed by atoms with Crippen LogP contribution in [0.15, 0.2) is 193 Å². The molecule has 0 atom stereocenters. The van der Waals surface area contributed by atoms with Crippen LogP contribution in [0.3, 0.4) is 0 Å². The van der Waals surface area contributed by atoms with Crippen molar-refractivity contribution in [1.29, 1.82) is 0 Å². The van der Waals surface area contributed by atoms with Crippen LogP contribution in [0.25, 0.3) is 99.8 Å². The van der Waals surface area contributed by atoms with Crippen LogP contribution in [-0.2, 0) is 0 Å². The number of fused-ring (bicyclic) bond motifs is 6. The third kappa shape index (κ3) is 5.38. The van der Waals surface area contributed by atoms with Gasteiger partial charge in [-0.2, -0.15) is 0 Å². The Hall–Kier alpha value is -7.30. The highest BCUT2D eigenvalue weighted by atomic mass is 16.3. The number of rotatable bonds is 6. The zero-order valence-corrected chi connectivity index (χ0v) is 30.6. The molecule has 6 aromatic carbocycles. The second kappa shape index (κ2) is 13.2. The van der Waals surface area contributed by atoms with Gasteiger partial charge in [-0.1, -0.05) is 97.1 Å². The summed E-state index contributed by atoms with van der Waals surface area (Å²) in [5, 5.41) is 4.60. The lowest BCUT2D eigenvalue weighted by Gasteiger charge is -2.11. The van der Waals surface area contributed by atoms with E-state index in [1.54, 1.807) is 0 Å². The molecule has 0 saturated carbocycles. The Balaban J connectivity index is 1.14. The van der Waals surface area contributed by atoms with Crippen molar-refractivity contribution in [1.82, 2.24) is 14.5 Å². The lowest BCUT2D eigenvalue weighted by atomic mass is 9.94. The van der Waals surface area contributed by atoms with Crippen LogP contribution in [0, 0.1) is 0 Å². The van der Waals surface area contributed by atoms with Gasteiger partial charge in [0.05, 0.1) is 22.4 Å². The second-order valence-corrected chi connectivity index (χ2v) is 14.5. The minimum absolute atomic E-state index is 0.886. The minimum atomic E-state index is 0.886. The van der Waals surface area contributed by atoms with Crippen molar-refractivity contribution >= 4 is 49.3 Å². The average Bonchev–Trinajstić information content (AvgIpc) is 3.81. The van der Waals surface area contributed by atoms with Crippen molar-refractivity contribution in [2.24, 2.45) is 0 Å². The molecule has 11 rings (SSSR count). The van der Waals surface area contributed by atoms with Crippen molar-refractivity contribution in [3.63, 3.8) is 0 Å². The van der Waals surface area contributed by atoms with Gasteiger partial charge in [-0.15, -0.1) is 0 Å². The van der Waals surface area contributed by atoms with Crippen molar-refractivity contribution in [3.8, 4) is 50.5 Å². The lowest BCUT2D eigenvalue weighted by molar-refractivity contribution is 0.669. The summed E-state index contributed by atoms with van der Waals surface area (Å²) < 4.78 is 8.81. The number of aromatic nitrogens is 3. The molecule has 0 saturated heterocycles. The monoisotopic (exact) mass is 717 g/mol. The number of benzene rings is 6. The van der Waals surface area contributed by atoms with E-state index in [1.165, 1.54) is 21.9 Å². The Kier molecular flexibility index (Phi) is 7.59. The second-order valence-electron chi connectivity index (χ2n) is 14.5. The maximum Gasteiger partial charge on any atom is 0.135 e. The molecule has 0 spiro atoms. The van der Waals surface area contributed by atoms with E-state index in [4.69, 9.17) is 14.4 Å². The summed E-state index contributed by atoms with van der Waals surface area (Å²) in [6.07, 6.45) is 12.7. The quantitative estimate of drug-likeness (QED) is 0.172. The fourth-order valence-corrected chi connectivity index (χ4v) is 8.51. The highest BCUT2D eigenvalue weighted by Crippen LogP contribution is 2.42. The standard InChI is InChI=1S/C52H35N3O/c1-2-12-34(13-3-1)35-22-26-51-45(30-35)46-33-38(23-27-52(46)56-51)55-49-24-20-36(39-14-4-6-16-41(39)47-18-8-10-28-53-47)31-43(49)44-32-37(21-25-50(44)55)40-15-5-7-17-42(40)48-19-9-11-29-54-48/h2,4-33H,1,3H2. The maximum atomic E-state index is 6.41. The SMILES string of the molecule is C1=CC(c2ccc3oc4ccc(-n5c6ccc(-c7ccccc7-c7ccccn7)cc6c6cc(-c7ccccc7-c7ccccn7)ccc65)cc4c3c2)=CCC1. The molecule has 4 aromatic heterocycles. The summed E-state index contributed by atoms with van der Waals surface area (Å²) in [7, 11) is 0. The summed E-state index contributed by atoms with van der Waals surface area (Å²) in [6.45, 7) is 0. The number of hydrogen-bond donors (Lipinski definition) is 0. The van der Waals surface area contributed by atoms with Gasteiger partial charge in [0.25, 0.3) is 0 Å². The molecule has 4 nitrogen and oxygen atoms in total. The smallest absolute Gasteiger partial charge is 0.135 e. The topological polar surface area (TPSA) is 43.9 Å². The Morgan fingerprint density at radius 1 is 0.446 bits per heavy atom. The molecule has 4 heterocycles. The Labute approximate surface area is 324 Å². The van der Waals surface area contributed by atoms with Crippen LogP contribution in [0.1, 0.15) is 18.4 Å². The van der Waals surface area contributed by atoms with E-state index in [0.29, 0.717) is 0 Å². The first-order valence-corrected chi connectivity index (χ1v) is 19.2. The number of allylic oxidation sites excluding steroid dienone is 4. The molecule has 1 aliphatic rings. The fourth-order valence-electron chi connectivity index (χ4n) is 8.51. The normalized spacial score (nSPS) is 12.9. The van der Waals surface area contributed by atoms with Gasteiger partial charge in [-0.05, 0) is 125 Å². The predicted octanol–water partition coefficient (Wildman–Crippen LogP) is 13.9. The van der Waals surface area contributed by atoms with Gasteiger partial charge in [0.15, 0.2) is 0 Å². The molecule has 0 N–H and O–H groups in total. The lowest BCUT2D eigenvalue weighted by Crippen LogP contribution is -1.94. The Bertz CT molecular complexity index is 3040. The van der Waals surface area contributed by atoms with E-state index < -0.39 is 0 Å². The van der Waals surface area contributed by atoms with E-state index >= 15 is 0 Å². The Morgan fingerprint density at radius 3 is 1.55 bits per heavy atom. The molecule has 0 radical (unpaired) electrons. The summed E-state index contributed by atoms with van der Waals surface area (Å²) in [6, 6.07) is 56.2. The molecule has 56 heavy (non-hydrogen) atoms. The van der Waals surface area contributed by atoms with E-state index in [9.17, 15) is 0 Å². The third-order valence-corrected chi connectivity index (χ3v) is 11.2. The number of furan rings is 1. The number of hydrogen-bond acceptors (Lipinski definition) is 3. The summed E-state index contributed by atoms with van der Waals surface area (Å²) in [5.41, 5.74) is 16.4. The van der Waals surface area contributed by atoms with Gasteiger partial charge in [-0.25, -0.2) is 0 Å².